The van der Waals surface area contributed by atoms with Gasteiger partial charge in [-0.15, -0.1) is 0 Å². The van der Waals surface area contributed by atoms with Crippen molar-refractivity contribution in [3.63, 3.8) is 0 Å². The molecule has 1 amide bonds. The van der Waals surface area contributed by atoms with Gasteiger partial charge in [0.2, 0.25) is 0 Å². The maximum Gasteiger partial charge on any atom is 0.310 e. The molecular weight excluding hydrogens is 316 g/mol. The molecule has 0 aliphatic rings. The van der Waals surface area contributed by atoms with E-state index in [-0.39, 0.29) is 18.4 Å². The lowest BCUT2D eigenvalue weighted by molar-refractivity contribution is -0.145. The Morgan fingerprint density at radius 3 is 2.52 bits per heavy atom. The maximum absolute atomic E-state index is 13.0. The molecule has 0 radical (unpaired) electrons. The molecule has 1 heterocycles. The zero-order valence-corrected chi connectivity index (χ0v) is 15.2. The van der Waals surface area contributed by atoms with Gasteiger partial charge in [-0.25, -0.2) is 0 Å². The standard InChI is InChI=1S/C20H24N2O3/c1-14-8-9-17(11-15(14)2)19(23)22(12-16(3)20(24)25-4)13-18-7-5-6-10-21-18/h5-11,16H,12-13H2,1-4H3. The summed E-state index contributed by atoms with van der Waals surface area (Å²) in [5.74, 6) is -0.868. The highest BCUT2D eigenvalue weighted by Crippen LogP contribution is 2.15. The van der Waals surface area contributed by atoms with Gasteiger partial charge in [0.15, 0.2) is 0 Å². The van der Waals surface area contributed by atoms with Crippen molar-refractivity contribution in [1.29, 1.82) is 0 Å². The SMILES string of the molecule is COC(=O)C(C)CN(Cc1ccccn1)C(=O)c1ccc(C)c(C)c1. The molecule has 0 fully saturated rings. The van der Waals surface area contributed by atoms with E-state index in [1.165, 1.54) is 7.11 Å². The zero-order chi connectivity index (χ0) is 18.4. The molecule has 0 bridgehead atoms. The van der Waals surface area contributed by atoms with E-state index >= 15 is 0 Å². The molecule has 0 aliphatic heterocycles. The summed E-state index contributed by atoms with van der Waals surface area (Å²) in [6, 6.07) is 11.2. The van der Waals surface area contributed by atoms with Gasteiger partial charge in [0.1, 0.15) is 0 Å². The van der Waals surface area contributed by atoms with E-state index in [4.69, 9.17) is 4.74 Å². The predicted molar refractivity (Wildman–Crippen MR) is 96.1 cm³/mol. The second-order valence-corrected chi connectivity index (χ2v) is 6.23. The fourth-order valence-electron chi connectivity index (χ4n) is 2.57. The first kappa shape index (κ1) is 18.6. The van der Waals surface area contributed by atoms with Crippen molar-refractivity contribution >= 4 is 11.9 Å². The molecular formula is C20H24N2O3. The van der Waals surface area contributed by atoms with Crippen molar-refractivity contribution in [3.8, 4) is 0 Å². The fourth-order valence-corrected chi connectivity index (χ4v) is 2.57. The maximum atomic E-state index is 13.0. The highest BCUT2D eigenvalue weighted by molar-refractivity contribution is 5.94. The van der Waals surface area contributed by atoms with Gasteiger partial charge in [-0.3, -0.25) is 14.6 Å². The monoisotopic (exact) mass is 340 g/mol. The Kier molecular flexibility index (Phi) is 6.28. The van der Waals surface area contributed by atoms with Crippen molar-refractivity contribution in [2.45, 2.75) is 27.3 Å². The lowest BCUT2D eigenvalue weighted by atomic mass is 10.0. The van der Waals surface area contributed by atoms with Crippen molar-refractivity contribution in [2.75, 3.05) is 13.7 Å². The van der Waals surface area contributed by atoms with Gasteiger partial charge in [0, 0.05) is 18.3 Å². The minimum Gasteiger partial charge on any atom is -0.469 e. The van der Waals surface area contributed by atoms with Gasteiger partial charge in [0.05, 0.1) is 25.3 Å². The number of amides is 1. The molecule has 1 unspecified atom stereocenters. The third-order valence-electron chi connectivity index (χ3n) is 4.22. The summed E-state index contributed by atoms with van der Waals surface area (Å²) in [6.45, 7) is 6.36. The van der Waals surface area contributed by atoms with Gasteiger partial charge in [-0.2, -0.15) is 0 Å². The largest absolute Gasteiger partial charge is 0.469 e. The molecule has 2 aromatic rings. The predicted octanol–water partition coefficient (Wildman–Crippen LogP) is 3.15. The highest BCUT2D eigenvalue weighted by Gasteiger charge is 2.23. The first-order chi connectivity index (χ1) is 11.9. The van der Waals surface area contributed by atoms with Crippen LogP contribution >= 0.6 is 0 Å². The van der Waals surface area contributed by atoms with Gasteiger partial charge in [0.25, 0.3) is 5.91 Å². The van der Waals surface area contributed by atoms with E-state index in [1.807, 2.05) is 50.2 Å². The first-order valence-corrected chi connectivity index (χ1v) is 8.26. The number of methoxy groups -OCH3 is 1. The number of rotatable bonds is 6. The normalized spacial score (nSPS) is 11.7. The second kappa shape index (κ2) is 8.42. The smallest absolute Gasteiger partial charge is 0.310 e. The van der Waals surface area contributed by atoms with Crippen molar-refractivity contribution in [1.82, 2.24) is 9.88 Å². The average Bonchev–Trinajstić information content (AvgIpc) is 2.62. The lowest BCUT2D eigenvalue weighted by Gasteiger charge is -2.25. The minimum absolute atomic E-state index is 0.121. The lowest BCUT2D eigenvalue weighted by Crippen LogP contribution is -2.37. The van der Waals surface area contributed by atoms with Gasteiger partial charge >= 0.3 is 5.97 Å². The fraction of sp³-hybridized carbons (Fsp3) is 0.350. The van der Waals surface area contributed by atoms with E-state index < -0.39 is 5.92 Å². The van der Waals surface area contributed by atoms with Crippen molar-refractivity contribution in [3.05, 3.63) is 65.0 Å². The number of hydrogen-bond donors (Lipinski definition) is 0. The summed E-state index contributed by atoms with van der Waals surface area (Å²) >= 11 is 0. The van der Waals surface area contributed by atoms with Crippen LogP contribution in [0, 0.1) is 19.8 Å². The van der Waals surface area contributed by atoms with Crippen LogP contribution < -0.4 is 0 Å². The summed E-state index contributed by atoms with van der Waals surface area (Å²) in [7, 11) is 1.35. The molecule has 2 rings (SSSR count). The summed E-state index contributed by atoms with van der Waals surface area (Å²) in [4.78, 5) is 30.7. The van der Waals surface area contributed by atoms with Crippen LogP contribution in [0.1, 0.15) is 34.1 Å². The average molecular weight is 340 g/mol. The Hall–Kier alpha value is -2.69. The minimum atomic E-state index is -0.413. The van der Waals surface area contributed by atoms with E-state index in [1.54, 1.807) is 18.0 Å². The molecule has 1 aromatic carbocycles. The molecule has 1 atom stereocenters. The molecule has 0 saturated carbocycles. The Morgan fingerprint density at radius 1 is 1.16 bits per heavy atom. The number of pyridine rings is 1. The van der Waals surface area contributed by atoms with Crippen LogP contribution in [-0.4, -0.2) is 35.4 Å². The number of ether oxygens (including phenoxy) is 1. The van der Waals surface area contributed by atoms with Gasteiger partial charge < -0.3 is 9.64 Å². The second-order valence-electron chi connectivity index (χ2n) is 6.23. The Bertz CT molecular complexity index is 744. The molecule has 132 valence electrons. The Balaban J connectivity index is 2.27. The molecule has 0 saturated heterocycles. The third kappa shape index (κ3) is 4.89. The van der Waals surface area contributed by atoms with E-state index in [0.29, 0.717) is 12.1 Å². The molecule has 5 nitrogen and oxygen atoms in total. The van der Waals surface area contributed by atoms with Crippen molar-refractivity contribution in [2.24, 2.45) is 5.92 Å². The van der Waals surface area contributed by atoms with Crippen LogP contribution in [0.4, 0.5) is 0 Å². The number of carbonyl (C=O) groups is 2. The Morgan fingerprint density at radius 2 is 1.92 bits per heavy atom. The third-order valence-corrected chi connectivity index (χ3v) is 4.22. The first-order valence-electron chi connectivity index (χ1n) is 8.26. The van der Waals surface area contributed by atoms with Gasteiger partial charge in [-0.1, -0.05) is 19.1 Å². The van der Waals surface area contributed by atoms with Crippen LogP contribution in [0.2, 0.25) is 0 Å². The molecule has 5 heteroatoms. The Labute approximate surface area is 148 Å². The van der Waals surface area contributed by atoms with Crippen LogP contribution in [0.25, 0.3) is 0 Å². The molecule has 0 N–H and O–H groups in total. The number of hydrogen-bond acceptors (Lipinski definition) is 4. The number of carbonyl (C=O) groups excluding carboxylic acids is 2. The van der Waals surface area contributed by atoms with Gasteiger partial charge in [-0.05, 0) is 49.2 Å². The summed E-state index contributed by atoms with van der Waals surface area (Å²) < 4.78 is 4.79. The quantitative estimate of drug-likeness (QED) is 0.758. The van der Waals surface area contributed by atoms with Crippen molar-refractivity contribution < 1.29 is 14.3 Å². The summed E-state index contributed by atoms with van der Waals surface area (Å²) in [6.07, 6.45) is 1.69. The number of aromatic nitrogens is 1. The summed E-state index contributed by atoms with van der Waals surface area (Å²) in [5.41, 5.74) is 3.58. The number of aryl methyl sites for hydroxylation is 2. The van der Waals surface area contributed by atoms with Crippen LogP contribution in [-0.2, 0) is 16.1 Å². The summed E-state index contributed by atoms with van der Waals surface area (Å²) in [5, 5.41) is 0. The number of benzene rings is 1. The van der Waals surface area contributed by atoms with Crippen LogP contribution in [0.15, 0.2) is 42.6 Å². The highest BCUT2D eigenvalue weighted by atomic mass is 16.5. The van der Waals surface area contributed by atoms with Crippen LogP contribution in [0.3, 0.4) is 0 Å². The van der Waals surface area contributed by atoms with E-state index in [2.05, 4.69) is 4.98 Å². The molecule has 0 spiro atoms. The van der Waals surface area contributed by atoms with E-state index in [9.17, 15) is 9.59 Å². The molecule has 0 aliphatic carbocycles. The topological polar surface area (TPSA) is 59.5 Å². The molecule has 25 heavy (non-hydrogen) atoms. The number of esters is 1. The van der Waals surface area contributed by atoms with E-state index in [0.717, 1.165) is 16.8 Å². The molecule has 1 aromatic heterocycles. The number of nitrogens with zero attached hydrogens (tertiary/aromatic N) is 2. The van der Waals surface area contributed by atoms with Crippen LogP contribution in [0.5, 0.6) is 0 Å². The zero-order valence-electron chi connectivity index (χ0n) is 15.2.